The van der Waals surface area contributed by atoms with Crippen molar-refractivity contribution in [3.63, 3.8) is 0 Å². The number of hydrogen-bond acceptors (Lipinski definition) is 3. The number of aliphatic hydroxyl groups is 1. The lowest BCUT2D eigenvalue weighted by Crippen LogP contribution is -2.36. The van der Waals surface area contributed by atoms with Crippen LogP contribution in [-0.2, 0) is 9.59 Å². The van der Waals surface area contributed by atoms with Gasteiger partial charge in [-0.15, -0.1) is 0 Å². The Bertz CT molecular complexity index is 174. The average molecular weight is 178 g/mol. The number of carboxylic acids is 1. The van der Waals surface area contributed by atoms with E-state index in [9.17, 15) is 19.1 Å². The minimum absolute atomic E-state index is 0.434. The van der Waals surface area contributed by atoms with Crippen molar-refractivity contribution in [3.05, 3.63) is 0 Å². The molecule has 0 saturated heterocycles. The Kier molecular flexibility index (Phi) is 3.82. The van der Waals surface area contributed by atoms with E-state index in [0.29, 0.717) is 0 Å². The van der Waals surface area contributed by atoms with Gasteiger partial charge in [-0.25, -0.2) is 4.39 Å². The molecule has 5 heteroatoms. The SMILES string of the molecule is CC(=O)CC(O)(CF)CC(=O)O. The van der Waals surface area contributed by atoms with Crippen molar-refractivity contribution in [2.75, 3.05) is 6.67 Å². The summed E-state index contributed by atoms with van der Waals surface area (Å²) in [5.74, 6) is -1.76. The van der Waals surface area contributed by atoms with Crippen LogP contribution in [0.4, 0.5) is 4.39 Å². The first kappa shape index (κ1) is 11.0. The second-order valence-electron chi connectivity index (χ2n) is 2.81. The Balaban J connectivity index is 4.23. The number of carbonyl (C=O) groups excluding carboxylic acids is 1. The van der Waals surface area contributed by atoms with Gasteiger partial charge in [-0.2, -0.15) is 0 Å². The van der Waals surface area contributed by atoms with Gasteiger partial charge in [0.25, 0.3) is 0 Å². The number of carboxylic acid groups (broad SMARTS) is 1. The lowest BCUT2D eigenvalue weighted by molar-refractivity contribution is -0.144. The number of rotatable bonds is 5. The molecule has 12 heavy (non-hydrogen) atoms. The van der Waals surface area contributed by atoms with E-state index < -0.39 is 36.9 Å². The van der Waals surface area contributed by atoms with E-state index in [1.54, 1.807) is 0 Å². The summed E-state index contributed by atoms with van der Waals surface area (Å²) < 4.78 is 12.1. The van der Waals surface area contributed by atoms with Gasteiger partial charge < -0.3 is 10.2 Å². The maximum atomic E-state index is 12.1. The predicted molar refractivity (Wildman–Crippen MR) is 38.5 cm³/mol. The van der Waals surface area contributed by atoms with Crippen molar-refractivity contribution in [2.45, 2.75) is 25.4 Å². The summed E-state index contributed by atoms with van der Waals surface area (Å²) in [7, 11) is 0. The van der Waals surface area contributed by atoms with E-state index in [1.807, 2.05) is 0 Å². The highest BCUT2D eigenvalue weighted by Crippen LogP contribution is 2.16. The molecule has 0 spiro atoms. The summed E-state index contributed by atoms with van der Waals surface area (Å²) in [5, 5.41) is 17.4. The van der Waals surface area contributed by atoms with Gasteiger partial charge in [0.2, 0.25) is 0 Å². The largest absolute Gasteiger partial charge is 0.481 e. The molecule has 0 aromatic rings. The van der Waals surface area contributed by atoms with Crippen molar-refractivity contribution < 1.29 is 24.2 Å². The van der Waals surface area contributed by atoms with E-state index in [4.69, 9.17) is 5.11 Å². The van der Waals surface area contributed by atoms with Crippen LogP contribution in [0.2, 0.25) is 0 Å². The zero-order chi connectivity index (χ0) is 9.78. The van der Waals surface area contributed by atoms with Crippen LogP contribution in [0.1, 0.15) is 19.8 Å². The maximum Gasteiger partial charge on any atom is 0.306 e. The Morgan fingerprint density at radius 3 is 2.17 bits per heavy atom. The van der Waals surface area contributed by atoms with E-state index in [-0.39, 0.29) is 0 Å². The summed E-state index contributed by atoms with van der Waals surface area (Å²) in [6, 6.07) is 0. The zero-order valence-corrected chi connectivity index (χ0v) is 6.71. The molecule has 0 saturated carbocycles. The molecular weight excluding hydrogens is 167 g/mol. The van der Waals surface area contributed by atoms with E-state index in [0.717, 1.165) is 0 Å². The van der Waals surface area contributed by atoms with Crippen LogP contribution in [0.5, 0.6) is 0 Å². The Hall–Kier alpha value is -0.970. The topological polar surface area (TPSA) is 74.6 Å². The number of ketones is 1. The van der Waals surface area contributed by atoms with Gasteiger partial charge in [-0.1, -0.05) is 0 Å². The normalized spacial score (nSPS) is 15.2. The van der Waals surface area contributed by atoms with Crippen LogP contribution in [0.15, 0.2) is 0 Å². The van der Waals surface area contributed by atoms with Crippen molar-refractivity contribution in [2.24, 2.45) is 0 Å². The van der Waals surface area contributed by atoms with Gasteiger partial charge in [0.05, 0.1) is 6.42 Å². The number of alkyl halides is 1. The van der Waals surface area contributed by atoms with Crippen LogP contribution < -0.4 is 0 Å². The molecule has 0 amide bonds. The van der Waals surface area contributed by atoms with Crippen LogP contribution in [0.3, 0.4) is 0 Å². The number of aliphatic carboxylic acids is 1. The summed E-state index contributed by atoms with van der Waals surface area (Å²) in [5.41, 5.74) is -2.03. The lowest BCUT2D eigenvalue weighted by atomic mass is 9.95. The monoisotopic (exact) mass is 178 g/mol. The molecule has 1 atom stereocenters. The maximum absolute atomic E-state index is 12.1. The molecule has 0 radical (unpaired) electrons. The molecule has 1 unspecified atom stereocenters. The summed E-state index contributed by atoms with van der Waals surface area (Å²) in [6.07, 6.45) is -1.21. The van der Waals surface area contributed by atoms with Crippen LogP contribution in [0.25, 0.3) is 0 Å². The number of hydrogen-bond donors (Lipinski definition) is 2. The predicted octanol–water partition coefficient (Wildman–Crippen LogP) is 0.141. The Morgan fingerprint density at radius 2 is 1.92 bits per heavy atom. The van der Waals surface area contributed by atoms with Crippen LogP contribution in [0, 0.1) is 0 Å². The molecule has 0 bridgehead atoms. The fourth-order valence-electron chi connectivity index (χ4n) is 0.902. The van der Waals surface area contributed by atoms with E-state index in [2.05, 4.69) is 0 Å². The smallest absolute Gasteiger partial charge is 0.306 e. The van der Waals surface area contributed by atoms with Crippen molar-refractivity contribution in [1.29, 1.82) is 0 Å². The summed E-state index contributed by atoms with van der Waals surface area (Å²) >= 11 is 0. The summed E-state index contributed by atoms with van der Waals surface area (Å²) in [4.78, 5) is 20.6. The molecule has 0 aromatic heterocycles. The van der Waals surface area contributed by atoms with Gasteiger partial charge >= 0.3 is 5.97 Å². The van der Waals surface area contributed by atoms with E-state index >= 15 is 0 Å². The van der Waals surface area contributed by atoms with Crippen LogP contribution >= 0.6 is 0 Å². The fourth-order valence-corrected chi connectivity index (χ4v) is 0.902. The molecule has 2 N–H and O–H groups in total. The first-order valence-electron chi connectivity index (χ1n) is 3.39. The Morgan fingerprint density at radius 1 is 1.42 bits per heavy atom. The third-order valence-electron chi connectivity index (χ3n) is 1.31. The van der Waals surface area contributed by atoms with E-state index in [1.165, 1.54) is 6.92 Å². The molecule has 0 aliphatic heterocycles. The van der Waals surface area contributed by atoms with Gasteiger partial charge in [0, 0.05) is 6.42 Å². The van der Waals surface area contributed by atoms with Gasteiger partial charge in [-0.05, 0) is 6.92 Å². The molecule has 0 aromatic carbocycles. The second kappa shape index (κ2) is 4.15. The molecule has 0 aliphatic carbocycles. The first-order chi connectivity index (χ1) is 5.39. The fraction of sp³-hybridized carbons (Fsp3) is 0.714. The molecule has 0 aliphatic rings. The molecular formula is C7H11FO4. The highest BCUT2D eigenvalue weighted by atomic mass is 19.1. The molecule has 4 nitrogen and oxygen atoms in total. The molecule has 0 fully saturated rings. The zero-order valence-electron chi connectivity index (χ0n) is 6.71. The standard InChI is InChI=1S/C7H11FO4/c1-5(9)2-7(12,4-8)3-6(10)11/h12H,2-4H2,1H3,(H,10,11). The molecule has 0 rings (SSSR count). The van der Waals surface area contributed by atoms with Crippen molar-refractivity contribution >= 4 is 11.8 Å². The van der Waals surface area contributed by atoms with Crippen molar-refractivity contribution in [1.82, 2.24) is 0 Å². The molecule has 0 heterocycles. The average Bonchev–Trinajstić information content (AvgIpc) is 1.83. The lowest BCUT2D eigenvalue weighted by Gasteiger charge is -2.20. The number of carbonyl (C=O) groups is 2. The van der Waals surface area contributed by atoms with Gasteiger partial charge in [0.1, 0.15) is 18.1 Å². The number of Topliss-reactive ketones (excluding diaryl/α,β-unsaturated/α-hetero) is 1. The first-order valence-corrected chi connectivity index (χ1v) is 3.39. The van der Waals surface area contributed by atoms with Crippen molar-refractivity contribution in [3.8, 4) is 0 Å². The third kappa shape index (κ3) is 4.02. The van der Waals surface area contributed by atoms with Gasteiger partial charge in [-0.3, -0.25) is 9.59 Å². The highest BCUT2D eigenvalue weighted by Gasteiger charge is 2.31. The summed E-state index contributed by atoms with van der Waals surface area (Å²) in [6.45, 7) is -0.0542. The van der Waals surface area contributed by atoms with Crippen LogP contribution in [-0.4, -0.2) is 34.2 Å². The third-order valence-corrected chi connectivity index (χ3v) is 1.31. The molecule has 70 valence electrons. The minimum Gasteiger partial charge on any atom is -0.481 e. The minimum atomic E-state index is -2.03. The quantitative estimate of drug-likeness (QED) is 0.628. The van der Waals surface area contributed by atoms with Gasteiger partial charge in [0.15, 0.2) is 0 Å². The Labute approximate surface area is 69.0 Å². The highest BCUT2D eigenvalue weighted by molar-refractivity contribution is 5.78. The second-order valence-corrected chi connectivity index (χ2v) is 2.81. The number of halogens is 1.